The molecule has 4 heteroatoms. The Morgan fingerprint density at radius 2 is 2.40 bits per heavy atom. The van der Waals surface area contributed by atoms with E-state index in [1.807, 2.05) is 4.57 Å². The van der Waals surface area contributed by atoms with Crippen molar-refractivity contribution in [3.8, 4) is 5.88 Å². The zero-order valence-electron chi connectivity index (χ0n) is 5.42. The van der Waals surface area contributed by atoms with Gasteiger partial charge in [0.1, 0.15) is 0 Å². The highest BCUT2D eigenvalue weighted by molar-refractivity contribution is 7.71. The molecule has 0 aliphatic carbocycles. The number of H-pyrrole nitrogens is 1. The van der Waals surface area contributed by atoms with Crippen molar-refractivity contribution in [1.82, 2.24) is 9.55 Å². The second kappa shape index (κ2) is 1.85. The van der Waals surface area contributed by atoms with Gasteiger partial charge in [-0.25, -0.2) is 0 Å². The van der Waals surface area contributed by atoms with E-state index in [-0.39, 0.29) is 5.88 Å². The number of aromatic hydroxyl groups is 1. The van der Waals surface area contributed by atoms with Gasteiger partial charge in [0.2, 0.25) is 5.88 Å². The Balaban J connectivity index is 2.73. The molecule has 0 atom stereocenters. The predicted octanol–water partition coefficient (Wildman–Crippen LogP) is 1.20. The molecule has 1 aromatic rings. The second-order valence-corrected chi connectivity index (χ2v) is 2.87. The van der Waals surface area contributed by atoms with Gasteiger partial charge in [0.15, 0.2) is 4.77 Å². The highest BCUT2D eigenvalue weighted by Crippen LogP contribution is 2.23. The van der Waals surface area contributed by atoms with Gasteiger partial charge in [0.05, 0.1) is 5.69 Å². The molecule has 0 amide bonds. The van der Waals surface area contributed by atoms with E-state index in [9.17, 15) is 5.11 Å². The predicted molar refractivity (Wildman–Crippen MR) is 39.6 cm³/mol. The Kier molecular flexibility index (Phi) is 1.11. The van der Waals surface area contributed by atoms with Crippen LogP contribution in [0.4, 0.5) is 0 Å². The van der Waals surface area contributed by atoms with Crippen LogP contribution in [0, 0.1) is 4.77 Å². The maximum atomic E-state index is 9.21. The van der Waals surface area contributed by atoms with Gasteiger partial charge in [-0.05, 0) is 25.1 Å². The van der Waals surface area contributed by atoms with Crippen molar-refractivity contribution in [3.05, 3.63) is 10.5 Å². The molecule has 2 heterocycles. The van der Waals surface area contributed by atoms with Gasteiger partial charge in [-0.2, -0.15) is 0 Å². The van der Waals surface area contributed by atoms with Gasteiger partial charge in [0, 0.05) is 6.54 Å². The molecule has 0 saturated heterocycles. The van der Waals surface area contributed by atoms with Crippen LogP contribution in [-0.2, 0) is 13.0 Å². The van der Waals surface area contributed by atoms with E-state index in [0.717, 1.165) is 25.1 Å². The van der Waals surface area contributed by atoms with Crippen LogP contribution < -0.4 is 0 Å². The fraction of sp³-hybridized carbons (Fsp3) is 0.500. The summed E-state index contributed by atoms with van der Waals surface area (Å²) < 4.78 is 2.59. The number of fused-ring (bicyclic) bond motifs is 1. The Labute approximate surface area is 63.3 Å². The number of nitrogens with zero attached hydrogens (tertiary/aromatic N) is 1. The SMILES string of the molecule is Oc1[nH]c(=S)n2c1CCC2. The summed E-state index contributed by atoms with van der Waals surface area (Å²) in [6.07, 6.45) is 2.04. The molecular formula is C6H8N2OS. The molecule has 0 aromatic carbocycles. The number of imidazole rings is 1. The molecule has 0 radical (unpaired) electrons. The number of aromatic nitrogens is 2. The Hall–Kier alpha value is -0.770. The Morgan fingerprint density at radius 1 is 1.60 bits per heavy atom. The van der Waals surface area contributed by atoms with Crippen molar-refractivity contribution in [2.45, 2.75) is 19.4 Å². The lowest BCUT2D eigenvalue weighted by molar-refractivity contribution is 0.450. The van der Waals surface area contributed by atoms with Gasteiger partial charge in [0.25, 0.3) is 0 Å². The highest BCUT2D eigenvalue weighted by atomic mass is 32.1. The van der Waals surface area contributed by atoms with Gasteiger partial charge in [-0.3, -0.25) is 0 Å². The summed E-state index contributed by atoms with van der Waals surface area (Å²) in [6, 6.07) is 0. The van der Waals surface area contributed by atoms with E-state index in [4.69, 9.17) is 12.2 Å². The van der Waals surface area contributed by atoms with E-state index in [0.29, 0.717) is 4.77 Å². The molecule has 54 valence electrons. The summed E-state index contributed by atoms with van der Waals surface area (Å²) in [5.41, 5.74) is 0.963. The van der Waals surface area contributed by atoms with Crippen LogP contribution in [0.5, 0.6) is 5.88 Å². The van der Waals surface area contributed by atoms with E-state index < -0.39 is 0 Å². The number of rotatable bonds is 0. The molecule has 0 spiro atoms. The third kappa shape index (κ3) is 0.623. The lowest BCUT2D eigenvalue weighted by Gasteiger charge is -1.90. The van der Waals surface area contributed by atoms with Crippen molar-refractivity contribution < 1.29 is 5.11 Å². The largest absolute Gasteiger partial charge is 0.493 e. The van der Waals surface area contributed by atoms with Crippen LogP contribution >= 0.6 is 12.2 Å². The third-order valence-electron chi connectivity index (χ3n) is 1.86. The zero-order chi connectivity index (χ0) is 7.14. The van der Waals surface area contributed by atoms with Crippen molar-refractivity contribution in [1.29, 1.82) is 0 Å². The maximum Gasteiger partial charge on any atom is 0.210 e. The summed E-state index contributed by atoms with van der Waals surface area (Å²) in [7, 11) is 0. The lowest BCUT2D eigenvalue weighted by atomic mass is 10.3. The van der Waals surface area contributed by atoms with Crippen LogP contribution in [0.1, 0.15) is 12.1 Å². The van der Waals surface area contributed by atoms with Crippen molar-refractivity contribution >= 4 is 12.2 Å². The average molecular weight is 156 g/mol. The molecule has 2 rings (SSSR count). The minimum atomic E-state index is 0.252. The van der Waals surface area contributed by atoms with E-state index in [2.05, 4.69) is 4.98 Å². The molecule has 0 saturated carbocycles. The van der Waals surface area contributed by atoms with Gasteiger partial charge in [-0.15, -0.1) is 0 Å². The molecule has 0 unspecified atom stereocenters. The monoisotopic (exact) mass is 156 g/mol. The molecular weight excluding hydrogens is 148 g/mol. The standard InChI is InChI=1S/C6H8N2OS/c9-5-4-2-1-3-8(4)6(10)7-5/h9H,1-3H2,(H,7,10). The fourth-order valence-corrected chi connectivity index (χ4v) is 1.68. The summed E-state index contributed by atoms with van der Waals surface area (Å²) >= 11 is 4.95. The molecule has 1 aliphatic heterocycles. The van der Waals surface area contributed by atoms with Crippen LogP contribution in [0.25, 0.3) is 0 Å². The smallest absolute Gasteiger partial charge is 0.210 e. The van der Waals surface area contributed by atoms with Crippen molar-refractivity contribution in [3.63, 3.8) is 0 Å². The molecule has 1 aromatic heterocycles. The third-order valence-corrected chi connectivity index (χ3v) is 2.19. The lowest BCUT2D eigenvalue weighted by Crippen LogP contribution is -1.90. The first-order valence-electron chi connectivity index (χ1n) is 3.29. The highest BCUT2D eigenvalue weighted by Gasteiger charge is 2.15. The van der Waals surface area contributed by atoms with E-state index >= 15 is 0 Å². The number of nitrogens with one attached hydrogen (secondary N) is 1. The Bertz CT molecular complexity index is 312. The van der Waals surface area contributed by atoms with Gasteiger partial charge >= 0.3 is 0 Å². The summed E-state index contributed by atoms with van der Waals surface area (Å²) in [5, 5.41) is 9.21. The summed E-state index contributed by atoms with van der Waals surface area (Å²) in [5.74, 6) is 0.252. The first-order chi connectivity index (χ1) is 4.79. The fourth-order valence-electron chi connectivity index (χ4n) is 1.39. The van der Waals surface area contributed by atoms with Crippen LogP contribution in [0.3, 0.4) is 0 Å². The normalized spacial score (nSPS) is 15.6. The maximum absolute atomic E-state index is 9.21. The molecule has 0 bridgehead atoms. The number of hydrogen-bond acceptors (Lipinski definition) is 2. The van der Waals surface area contributed by atoms with Crippen LogP contribution in [-0.4, -0.2) is 14.7 Å². The van der Waals surface area contributed by atoms with Gasteiger partial charge in [-0.1, -0.05) is 0 Å². The number of aromatic amines is 1. The minimum Gasteiger partial charge on any atom is -0.493 e. The zero-order valence-corrected chi connectivity index (χ0v) is 6.24. The Morgan fingerprint density at radius 3 is 3.10 bits per heavy atom. The van der Waals surface area contributed by atoms with Crippen LogP contribution in [0.2, 0.25) is 0 Å². The first-order valence-corrected chi connectivity index (χ1v) is 3.70. The summed E-state index contributed by atoms with van der Waals surface area (Å²) in [6.45, 7) is 0.950. The topological polar surface area (TPSA) is 40.9 Å². The first kappa shape index (κ1) is 5.97. The molecule has 0 fully saturated rings. The summed E-state index contributed by atoms with van der Waals surface area (Å²) in [4.78, 5) is 2.71. The minimum absolute atomic E-state index is 0.252. The molecule has 3 nitrogen and oxygen atoms in total. The molecule has 10 heavy (non-hydrogen) atoms. The van der Waals surface area contributed by atoms with E-state index in [1.54, 1.807) is 0 Å². The van der Waals surface area contributed by atoms with Crippen molar-refractivity contribution in [2.75, 3.05) is 0 Å². The molecule has 2 N–H and O–H groups in total. The van der Waals surface area contributed by atoms with Crippen molar-refractivity contribution in [2.24, 2.45) is 0 Å². The average Bonchev–Trinajstić information content (AvgIpc) is 2.39. The quantitative estimate of drug-likeness (QED) is 0.554. The molecule has 1 aliphatic rings. The van der Waals surface area contributed by atoms with E-state index in [1.165, 1.54) is 0 Å². The second-order valence-electron chi connectivity index (χ2n) is 2.48. The van der Waals surface area contributed by atoms with Gasteiger partial charge < -0.3 is 14.7 Å². The number of hydrogen-bond donors (Lipinski definition) is 2. The van der Waals surface area contributed by atoms with Crippen LogP contribution in [0.15, 0.2) is 0 Å².